The Labute approximate surface area is 124 Å². The number of hydrogen-bond acceptors (Lipinski definition) is 3. The Kier molecular flexibility index (Phi) is 5.75. The lowest BCUT2D eigenvalue weighted by Crippen LogP contribution is -2.51. The van der Waals surface area contributed by atoms with Crippen molar-refractivity contribution in [1.29, 1.82) is 0 Å². The zero-order chi connectivity index (χ0) is 16.0. The Balaban J connectivity index is 2.78. The van der Waals surface area contributed by atoms with E-state index in [0.29, 0.717) is 12.2 Å². The predicted molar refractivity (Wildman–Crippen MR) is 78.9 cm³/mol. The first-order valence-corrected chi connectivity index (χ1v) is 7.05. The van der Waals surface area contributed by atoms with Crippen LogP contribution in [0.5, 0.6) is 0 Å². The highest BCUT2D eigenvalue weighted by molar-refractivity contribution is 5.76. The van der Waals surface area contributed by atoms with Crippen LogP contribution in [-0.4, -0.2) is 44.1 Å². The highest BCUT2D eigenvalue weighted by Gasteiger charge is 2.28. The van der Waals surface area contributed by atoms with Crippen molar-refractivity contribution in [3.05, 3.63) is 18.2 Å². The van der Waals surface area contributed by atoms with Gasteiger partial charge in [-0.05, 0) is 27.2 Å². The van der Waals surface area contributed by atoms with E-state index in [1.54, 1.807) is 12.4 Å². The van der Waals surface area contributed by atoms with Crippen LogP contribution in [0.3, 0.4) is 0 Å². The summed E-state index contributed by atoms with van der Waals surface area (Å²) in [7, 11) is 0. The molecule has 0 radical (unpaired) electrons. The smallest absolute Gasteiger partial charge is 0.318 e. The molecule has 0 aliphatic heterocycles. The first-order valence-electron chi connectivity index (χ1n) is 7.05. The molecule has 1 unspecified atom stereocenters. The van der Waals surface area contributed by atoms with E-state index in [1.165, 1.54) is 4.90 Å². The van der Waals surface area contributed by atoms with Crippen LogP contribution in [0.2, 0.25) is 0 Å². The number of carboxylic acids is 1. The fourth-order valence-electron chi connectivity index (χ4n) is 2.01. The normalized spacial score (nSPS) is 12.8. The fourth-order valence-corrected chi connectivity index (χ4v) is 2.01. The molecule has 1 aromatic heterocycles. The van der Waals surface area contributed by atoms with E-state index in [2.05, 4.69) is 15.3 Å². The van der Waals surface area contributed by atoms with Gasteiger partial charge in [-0.1, -0.05) is 6.92 Å². The summed E-state index contributed by atoms with van der Waals surface area (Å²) in [5, 5.41) is 11.7. The molecule has 0 fully saturated rings. The topological polar surface area (TPSA) is 98.3 Å². The van der Waals surface area contributed by atoms with Gasteiger partial charge >= 0.3 is 12.0 Å². The fraction of sp³-hybridized carbons (Fsp3) is 0.643. The van der Waals surface area contributed by atoms with Gasteiger partial charge in [-0.25, -0.2) is 9.78 Å². The third-order valence-electron chi connectivity index (χ3n) is 3.16. The molecule has 21 heavy (non-hydrogen) atoms. The number of carboxylic acid groups (broad SMARTS) is 1. The van der Waals surface area contributed by atoms with E-state index >= 15 is 0 Å². The van der Waals surface area contributed by atoms with Crippen molar-refractivity contribution in [2.24, 2.45) is 0 Å². The van der Waals surface area contributed by atoms with Gasteiger partial charge in [0.15, 0.2) is 0 Å². The molecule has 1 atom stereocenters. The molecule has 0 bridgehead atoms. The molecule has 0 saturated heterocycles. The zero-order valence-corrected chi connectivity index (χ0v) is 13.0. The lowest BCUT2D eigenvalue weighted by Gasteiger charge is -2.36. The van der Waals surface area contributed by atoms with Gasteiger partial charge in [0, 0.05) is 24.5 Å². The lowest BCUT2D eigenvalue weighted by molar-refractivity contribution is -0.137. The molecule has 7 nitrogen and oxygen atoms in total. The molecule has 1 rings (SSSR count). The maximum absolute atomic E-state index is 12.4. The minimum absolute atomic E-state index is 0.0811. The first-order chi connectivity index (χ1) is 9.75. The maximum Gasteiger partial charge on any atom is 0.318 e. The summed E-state index contributed by atoms with van der Waals surface area (Å²) in [5.74, 6) is -0.229. The number of aromatic amines is 1. The van der Waals surface area contributed by atoms with Crippen LogP contribution >= 0.6 is 0 Å². The summed E-state index contributed by atoms with van der Waals surface area (Å²) in [5.41, 5.74) is -0.457. The van der Waals surface area contributed by atoms with E-state index in [4.69, 9.17) is 5.11 Å². The van der Waals surface area contributed by atoms with Gasteiger partial charge in [0.05, 0.1) is 12.5 Å². The van der Waals surface area contributed by atoms with Crippen LogP contribution in [-0.2, 0) is 4.79 Å². The minimum atomic E-state index is -0.921. The van der Waals surface area contributed by atoms with Gasteiger partial charge in [-0.2, -0.15) is 0 Å². The van der Waals surface area contributed by atoms with Crippen molar-refractivity contribution in [2.45, 2.75) is 52.1 Å². The molecule has 0 aliphatic rings. The number of hydrogen-bond donors (Lipinski definition) is 3. The van der Waals surface area contributed by atoms with E-state index in [9.17, 15) is 9.59 Å². The van der Waals surface area contributed by atoms with Gasteiger partial charge in [0.1, 0.15) is 5.82 Å². The van der Waals surface area contributed by atoms with Crippen LogP contribution in [0.1, 0.15) is 52.4 Å². The zero-order valence-electron chi connectivity index (χ0n) is 13.0. The average Bonchev–Trinajstić information content (AvgIpc) is 2.87. The highest BCUT2D eigenvalue weighted by atomic mass is 16.4. The van der Waals surface area contributed by atoms with E-state index in [-0.39, 0.29) is 25.0 Å². The number of amides is 2. The number of rotatable bonds is 6. The molecular weight excluding hydrogens is 272 g/mol. The summed E-state index contributed by atoms with van der Waals surface area (Å²) in [6.45, 7) is 7.75. The van der Waals surface area contributed by atoms with Crippen LogP contribution in [0.4, 0.5) is 4.79 Å². The first kappa shape index (κ1) is 17.0. The maximum atomic E-state index is 12.4. The summed E-state index contributed by atoms with van der Waals surface area (Å²) in [6.07, 6.45) is 3.95. The Hall–Kier alpha value is -2.05. The van der Waals surface area contributed by atoms with Crippen molar-refractivity contribution in [1.82, 2.24) is 20.2 Å². The number of H-pyrrole nitrogens is 1. The van der Waals surface area contributed by atoms with E-state index < -0.39 is 11.5 Å². The summed E-state index contributed by atoms with van der Waals surface area (Å²) in [4.78, 5) is 31.9. The summed E-state index contributed by atoms with van der Waals surface area (Å²) in [6, 6.07) is -0.505. The van der Waals surface area contributed by atoms with Crippen molar-refractivity contribution in [3.63, 3.8) is 0 Å². The SMILES string of the molecule is CCC(NC(=O)N(CCC(=O)O)C(C)(C)C)c1ncc[nH]1. The number of aromatic nitrogens is 2. The van der Waals surface area contributed by atoms with Gasteiger partial charge in [-0.3, -0.25) is 4.79 Å². The minimum Gasteiger partial charge on any atom is -0.481 e. The molecule has 118 valence electrons. The molecule has 0 aromatic carbocycles. The van der Waals surface area contributed by atoms with Gasteiger partial charge in [-0.15, -0.1) is 0 Å². The van der Waals surface area contributed by atoms with Gasteiger partial charge in [0.2, 0.25) is 0 Å². The molecule has 1 aromatic rings. The van der Waals surface area contributed by atoms with Crippen LogP contribution in [0, 0.1) is 0 Å². The summed E-state index contributed by atoms with van der Waals surface area (Å²) < 4.78 is 0. The lowest BCUT2D eigenvalue weighted by atomic mass is 10.1. The van der Waals surface area contributed by atoms with Crippen molar-refractivity contribution >= 4 is 12.0 Å². The third-order valence-corrected chi connectivity index (χ3v) is 3.16. The molecule has 0 aliphatic carbocycles. The van der Waals surface area contributed by atoms with Crippen LogP contribution in [0.15, 0.2) is 12.4 Å². The summed E-state index contributed by atoms with van der Waals surface area (Å²) >= 11 is 0. The molecular formula is C14H24N4O3. The molecule has 7 heteroatoms. The van der Waals surface area contributed by atoms with E-state index in [1.807, 2.05) is 27.7 Å². The number of nitrogens with zero attached hydrogens (tertiary/aromatic N) is 2. The highest BCUT2D eigenvalue weighted by Crippen LogP contribution is 2.17. The number of urea groups is 1. The second-order valence-corrected chi connectivity index (χ2v) is 5.85. The Morgan fingerprint density at radius 2 is 2.14 bits per heavy atom. The number of carbonyl (C=O) groups excluding carboxylic acids is 1. The number of aliphatic carboxylic acids is 1. The van der Waals surface area contributed by atoms with Crippen molar-refractivity contribution < 1.29 is 14.7 Å². The van der Waals surface area contributed by atoms with Crippen molar-refractivity contribution in [3.8, 4) is 0 Å². The Morgan fingerprint density at radius 3 is 2.57 bits per heavy atom. The predicted octanol–water partition coefficient (Wildman–Crippen LogP) is 2.15. The monoisotopic (exact) mass is 296 g/mol. The Bertz CT molecular complexity index is 465. The molecule has 0 spiro atoms. The molecule has 2 amide bonds. The Morgan fingerprint density at radius 1 is 1.48 bits per heavy atom. The van der Waals surface area contributed by atoms with Gasteiger partial charge in [0.25, 0.3) is 0 Å². The second-order valence-electron chi connectivity index (χ2n) is 5.85. The molecule has 3 N–H and O–H groups in total. The van der Waals surface area contributed by atoms with Gasteiger partial charge < -0.3 is 20.3 Å². The molecule has 0 saturated carbocycles. The van der Waals surface area contributed by atoms with Crippen LogP contribution in [0.25, 0.3) is 0 Å². The quantitative estimate of drug-likeness (QED) is 0.749. The standard InChI is InChI=1S/C14H24N4O3/c1-5-10(12-15-7-8-16-12)17-13(21)18(14(2,3)4)9-6-11(19)20/h7-8,10H,5-6,9H2,1-4H3,(H,15,16)(H,17,21)(H,19,20). The molecule has 1 heterocycles. The van der Waals surface area contributed by atoms with Crippen LogP contribution < -0.4 is 5.32 Å². The average molecular weight is 296 g/mol. The largest absolute Gasteiger partial charge is 0.481 e. The second kappa shape index (κ2) is 7.10. The van der Waals surface area contributed by atoms with E-state index in [0.717, 1.165) is 0 Å². The number of imidazole rings is 1. The number of nitrogens with one attached hydrogen (secondary N) is 2. The van der Waals surface area contributed by atoms with Crippen molar-refractivity contribution in [2.75, 3.05) is 6.54 Å². The third kappa shape index (κ3) is 5.09. The number of carbonyl (C=O) groups is 2.